The second-order valence-corrected chi connectivity index (χ2v) is 11.0. The number of carbonyl (C=O) groups is 2. The van der Waals surface area contributed by atoms with E-state index in [4.69, 9.17) is 0 Å². The number of H-pyrrole nitrogens is 1. The first kappa shape index (κ1) is 22.9. The Kier molecular flexibility index (Phi) is 6.47. The van der Waals surface area contributed by atoms with Crippen LogP contribution in [0.3, 0.4) is 0 Å². The summed E-state index contributed by atoms with van der Waals surface area (Å²) in [6.45, 7) is 1.43. The molecule has 0 fully saturated rings. The van der Waals surface area contributed by atoms with Gasteiger partial charge in [0.15, 0.2) is 5.78 Å². The molecular weight excluding hydrogens is 438 g/mol. The van der Waals surface area contributed by atoms with Crippen molar-refractivity contribution in [3.63, 3.8) is 0 Å². The molecule has 172 valence electrons. The van der Waals surface area contributed by atoms with Crippen LogP contribution in [0.25, 0.3) is 11.3 Å². The molecule has 3 aromatic rings. The normalized spacial score (nSPS) is 15.8. The smallest absolute Gasteiger partial charge is 0.222 e. The Labute approximate surface area is 193 Å². The number of hydrogen-bond acceptors (Lipinski definition) is 5. The molecule has 2 heterocycles. The lowest BCUT2D eigenvalue weighted by molar-refractivity contribution is -0.114. The van der Waals surface area contributed by atoms with Gasteiger partial charge < -0.3 is 10.3 Å². The van der Waals surface area contributed by atoms with Crippen molar-refractivity contribution >= 4 is 27.3 Å². The highest BCUT2D eigenvalue weighted by Crippen LogP contribution is 2.37. The predicted molar refractivity (Wildman–Crippen MR) is 128 cm³/mol. The first-order chi connectivity index (χ1) is 15.7. The van der Waals surface area contributed by atoms with Crippen LogP contribution < -0.4 is 5.32 Å². The Balaban J connectivity index is 1.75. The SMILES string of the molecule is CC(=O)Nc1cc(-c2[nH]c3c(c2Cc2ccccc2)C(=O)CC(CCS(C)(=O)=O)C3)ccn1. The summed E-state index contributed by atoms with van der Waals surface area (Å²) in [6, 6.07) is 13.6. The van der Waals surface area contributed by atoms with Gasteiger partial charge in [-0.25, -0.2) is 13.4 Å². The average Bonchev–Trinajstić information content (AvgIpc) is 3.11. The molecule has 2 aromatic heterocycles. The van der Waals surface area contributed by atoms with Gasteiger partial charge in [0.05, 0.1) is 11.4 Å². The third kappa shape index (κ3) is 5.57. The van der Waals surface area contributed by atoms with Crippen LogP contribution in [0, 0.1) is 5.92 Å². The number of nitrogens with zero attached hydrogens (tertiary/aromatic N) is 1. The maximum atomic E-state index is 13.2. The maximum Gasteiger partial charge on any atom is 0.222 e. The largest absolute Gasteiger partial charge is 0.358 e. The third-order valence-electron chi connectivity index (χ3n) is 5.90. The summed E-state index contributed by atoms with van der Waals surface area (Å²) >= 11 is 0. The van der Waals surface area contributed by atoms with Crippen LogP contribution in [0.1, 0.15) is 46.9 Å². The number of aromatic amines is 1. The monoisotopic (exact) mass is 465 g/mol. The van der Waals surface area contributed by atoms with E-state index in [2.05, 4.69) is 15.3 Å². The molecule has 1 amide bonds. The number of nitrogens with one attached hydrogen (secondary N) is 2. The summed E-state index contributed by atoms with van der Waals surface area (Å²) in [4.78, 5) is 32.4. The second kappa shape index (κ2) is 9.31. The van der Waals surface area contributed by atoms with Gasteiger partial charge in [-0.05, 0) is 42.0 Å². The number of aromatic nitrogens is 2. The van der Waals surface area contributed by atoms with E-state index < -0.39 is 9.84 Å². The Morgan fingerprint density at radius 1 is 1.18 bits per heavy atom. The Hall–Kier alpha value is -3.26. The minimum Gasteiger partial charge on any atom is -0.358 e. The van der Waals surface area contributed by atoms with Crippen LogP contribution in [-0.4, -0.2) is 42.1 Å². The summed E-state index contributed by atoms with van der Waals surface area (Å²) in [6.07, 6.45) is 4.87. The van der Waals surface area contributed by atoms with Crippen LogP contribution in [0.5, 0.6) is 0 Å². The lowest BCUT2D eigenvalue weighted by Crippen LogP contribution is -2.22. The van der Waals surface area contributed by atoms with Gasteiger partial charge >= 0.3 is 0 Å². The molecule has 0 aliphatic heterocycles. The summed E-state index contributed by atoms with van der Waals surface area (Å²) in [5.74, 6) is 0.340. The molecule has 7 nitrogen and oxygen atoms in total. The molecule has 0 radical (unpaired) electrons. The number of ketones is 1. The fourth-order valence-corrected chi connectivity index (χ4v) is 5.22. The van der Waals surface area contributed by atoms with Crippen molar-refractivity contribution < 1.29 is 18.0 Å². The summed E-state index contributed by atoms with van der Waals surface area (Å²) < 4.78 is 23.3. The van der Waals surface area contributed by atoms with E-state index >= 15 is 0 Å². The molecule has 1 unspecified atom stereocenters. The zero-order valence-corrected chi connectivity index (χ0v) is 19.5. The van der Waals surface area contributed by atoms with Crippen LogP contribution >= 0.6 is 0 Å². The molecule has 8 heteroatoms. The second-order valence-electron chi connectivity index (χ2n) is 8.72. The fraction of sp³-hybridized carbons (Fsp3) is 0.320. The number of fused-ring (bicyclic) bond motifs is 1. The van der Waals surface area contributed by atoms with E-state index in [1.54, 1.807) is 12.3 Å². The Morgan fingerprint density at radius 3 is 2.64 bits per heavy atom. The molecule has 1 atom stereocenters. The molecule has 0 bridgehead atoms. The molecular formula is C25H27N3O4S. The minimum atomic E-state index is -3.08. The fourth-order valence-electron chi connectivity index (χ4n) is 4.45. The average molecular weight is 466 g/mol. The van der Waals surface area contributed by atoms with Gasteiger partial charge in [-0.3, -0.25) is 9.59 Å². The summed E-state index contributed by atoms with van der Waals surface area (Å²) in [5.41, 5.74) is 5.22. The molecule has 1 aromatic carbocycles. The first-order valence-corrected chi connectivity index (χ1v) is 13.0. The van der Waals surface area contributed by atoms with Gasteiger partial charge in [-0.15, -0.1) is 0 Å². The van der Waals surface area contributed by atoms with E-state index in [1.165, 1.54) is 13.2 Å². The van der Waals surface area contributed by atoms with E-state index in [1.807, 2.05) is 36.4 Å². The molecule has 2 N–H and O–H groups in total. The minimum absolute atomic E-state index is 0.0109. The quantitative estimate of drug-likeness (QED) is 0.552. The van der Waals surface area contributed by atoms with Crippen molar-refractivity contribution in [2.45, 2.75) is 32.6 Å². The van der Waals surface area contributed by atoms with Gasteiger partial charge in [0, 0.05) is 49.0 Å². The van der Waals surface area contributed by atoms with Crippen molar-refractivity contribution in [1.82, 2.24) is 9.97 Å². The zero-order chi connectivity index (χ0) is 23.6. The molecule has 33 heavy (non-hydrogen) atoms. The highest BCUT2D eigenvalue weighted by atomic mass is 32.2. The van der Waals surface area contributed by atoms with Crippen molar-refractivity contribution in [3.05, 3.63) is 71.0 Å². The van der Waals surface area contributed by atoms with Gasteiger partial charge in [-0.2, -0.15) is 0 Å². The van der Waals surface area contributed by atoms with Crippen LogP contribution in [0.2, 0.25) is 0 Å². The number of amides is 1. The van der Waals surface area contributed by atoms with E-state index in [0.717, 1.165) is 28.1 Å². The van der Waals surface area contributed by atoms with Gasteiger partial charge in [0.2, 0.25) is 5.91 Å². The molecule has 1 aliphatic rings. The number of benzene rings is 1. The van der Waals surface area contributed by atoms with Crippen molar-refractivity contribution in [2.24, 2.45) is 5.92 Å². The standard InChI is InChI=1S/C25H27N3O4S/c1-16(29)27-23-15-19(8-10-26-23)25-20(12-17-6-4-3-5-7-17)24-21(28-25)13-18(14-22(24)30)9-11-33(2,31)32/h3-8,10,15,18,28H,9,11-14H2,1-2H3,(H,26,27,29). The van der Waals surface area contributed by atoms with Crippen LogP contribution in [-0.2, 0) is 27.5 Å². The lowest BCUT2D eigenvalue weighted by atomic mass is 9.82. The number of pyridine rings is 1. The summed E-state index contributed by atoms with van der Waals surface area (Å²) in [5, 5.41) is 2.70. The number of sulfone groups is 1. The van der Waals surface area contributed by atoms with Crippen LogP contribution in [0.4, 0.5) is 5.82 Å². The van der Waals surface area contributed by atoms with Gasteiger partial charge in [0.1, 0.15) is 15.7 Å². The summed E-state index contributed by atoms with van der Waals surface area (Å²) in [7, 11) is -3.08. The maximum absolute atomic E-state index is 13.2. The molecule has 1 aliphatic carbocycles. The van der Waals surface area contributed by atoms with Crippen LogP contribution in [0.15, 0.2) is 48.7 Å². The predicted octanol–water partition coefficient (Wildman–Crippen LogP) is 3.81. The zero-order valence-electron chi connectivity index (χ0n) is 18.7. The molecule has 0 spiro atoms. The Bertz CT molecular complexity index is 1300. The number of Topliss-reactive ketones (excluding diaryl/α,β-unsaturated/α-hetero) is 1. The van der Waals surface area contributed by atoms with Crippen molar-refractivity contribution in [2.75, 3.05) is 17.3 Å². The number of hydrogen-bond donors (Lipinski definition) is 2. The molecule has 0 saturated heterocycles. The molecule has 0 saturated carbocycles. The number of carbonyl (C=O) groups excluding carboxylic acids is 2. The highest BCUT2D eigenvalue weighted by Gasteiger charge is 2.31. The lowest BCUT2D eigenvalue weighted by Gasteiger charge is -2.21. The van der Waals surface area contributed by atoms with E-state index in [-0.39, 0.29) is 23.4 Å². The third-order valence-corrected chi connectivity index (χ3v) is 6.88. The van der Waals surface area contributed by atoms with E-state index in [9.17, 15) is 18.0 Å². The van der Waals surface area contributed by atoms with Crippen molar-refractivity contribution in [3.8, 4) is 11.3 Å². The van der Waals surface area contributed by atoms with Gasteiger partial charge in [0.25, 0.3) is 0 Å². The van der Waals surface area contributed by atoms with Gasteiger partial charge in [-0.1, -0.05) is 30.3 Å². The van der Waals surface area contributed by atoms with Crippen molar-refractivity contribution in [1.29, 1.82) is 0 Å². The topological polar surface area (TPSA) is 109 Å². The number of rotatable bonds is 7. The van der Waals surface area contributed by atoms with E-state index in [0.29, 0.717) is 37.1 Å². The molecule has 4 rings (SSSR count). The first-order valence-electron chi connectivity index (χ1n) is 10.9. The highest BCUT2D eigenvalue weighted by molar-refractivity contribution is 7.90. The number of anilines is 1. The Morgan fingerprint density at radius 2 is 1.94 bits per heavy atom.